The second kappa shape index (κ2) is 10.2. The Hall–Kier alpha value is -2.47. The van der Waals surface area contributed by atoms with Crippen LogP contribution in [0, 0.1) is 18.8 Å². The lowest BCUT2D eigenvalue weighted by molar-refractivity contribution is -0.125. The van der Waals surface area contributed by atoms with Gasteiger partial charge in [0.15, 0.2) is 5.82 Å². The Morgan fingerprint density at radius 2 is 1.81 bits per heavy atom. The third-order valence-electron chi connectivity index (χ3n) is 6.72. The first-order valence-electron chi connectivity index (χ1n) is 11.7. The molecule has 0 saturated carbocycles. The molecule has 1 aromatic heterocycles. The van der Waals surface area contributed by atoms with Gasteiger partial charge in [-0.25, -0.2) is 0 Å². The fourth-order valence-corrected chi connectivity index (χ4v) is 4.54. The number of anilines is 1. The molecule has 2 aliphatic heterocycles. The molecule has 2 saturated heterocycles. The summed E-state index contributed by atoms with van der Waals surface area (Å²) in [5, 5.41) is 12.1. The molecule has 0 aliphatic carbocycles. The summed E-state index contributed by atoms with van der Waals surface area (Å²) in [5.41, 5.74) is 3.18. The fourth-order valence-electron chi connectivity index (χ4n) is 4.54. The van der Waals surface area contributed by atoms with Gasteiger partial charge >= 0.3 is 0 Å². The zero-order chi connectivity index (χ0) is 21.6. The lowest BCUT2D eigenvalue weighted by Crippen LogP contribution is -2.45. The van der Waals surface area contributed by atoms with Crippen molar-refractivity contribution in [3.8, 4) is 11.3 Å². The van der Waals surface area contributed by atoms with Crippen molar-refractivity contribution in [2.45, 2.75) is 39.5 Å². The van der Waals surface area contributed by atoms with Gasteiger partial charge in [0.05, 0.1) is 11.6 Å². The van der Waals surface area contributed by atoms with Gasteiger partial charge in [0.25, 0.3) is 0 Å². The van der Waals surface area contributed by atoms with Gasteiger partial charge in [-0.1, -0.05) is 36.8 Å². The molecule has 31 heavy (non-hydrogen) atoms. The van der Waals surface area contributed by atoms with E-state index in [0.29, 0.717) is 6.54 Å². The maximum Gasteiger partial charge on any atom is 0.224 e. The molecule has 2 fully saturated rings. The maximum absolute atomic E-state index is 12.7. The number of carbonyl (C=O) groups is 1. The van der Waals surface area contributed by atoms with Crippen molar-refractivity contribution in [3.63, 3.8) is 0 Å². The summed E-state index contributed by atoms with van der Waals surface area (Å²) in [7, 11) is 0. The van der Waals surface area contributed by atoms with Crippen LogP contribution in [0.4, 0.5) is 5.82 Å². The Morgan fingerprint density at radius 1 is 1.03 bits per heavy atom. The minimum absolute atomic E-state index is 0.0219. The summed E-state index contributed by atoms with van der Waals surface area (Å²) in [6.45, 7) is 10.1. The van der Waals surface area contributed by atoms with E-state index in [-0.39, 0.29) is 11.8 Å². The number of benzene rings is 1. The molecule has 3 heterocycles. The molecule has 2 aliphatic rings. The largest absolute Gasteiger partial charge is 0.355 e. The zero-order valence-corrected chi connectivity index (χ0v) is 18.9. The van der Waals surface area contributed by atoms with Crippen LogP contribution >= 0.6 is 0 Å². The molecule has 1 amide bonds. The number of aryl methyl sites for hydroxylation is 1. The molecule has 6 nitrogen and oxygen atoms in total. The van der Waals surface area contributed by atoms with Crippen LogP contribution < -0.4 is 10.2 Å². The van der Waals surface area contributed by atoms with Crippen molar-refractivity contribution in [1.29, 1.82) is 0 Å². The Labute approximate surface area is 186 Å². The average molecular weight is 422 g/mol. The second-order valence-electron chi connectivity index (χ2n) is 9.24. The first-order chi connectivity index (χ1) is 15.1. The second-order valence-corrected chi connectivity index (χ2v) is 9.24. The summed E-state index contributed by atoms with van der Waals surface area (Å²) in [4.78, 5) is 17.4. The number of hydrogen-bond donors (Lipinski definition) is 1. The van der Waals surface area contributed by atoms with Crippen LogP contribution in [-0.4, -0.2) is 60.3 Å². The van der Waals surface area contributed by atoms with Crippen molar-refractivity contribution in [2.24, 2.45) is 11.8 Å². The Bertz CT molecular complexity index is 843. The predicted molar refractivity (Wildman–Crippen MR) is 125 cm³/mol. The normalized spacial score (nSPS) is 20.6. The number of aromatic nitrogens is 2. The van der Waals surface area contributed by atoms with E-state index in [1.54, 1.807) is 0 Å². The predicted octanol–water partition coefficient (Wildman–Crippen LogP) is 3.52. The van der Waals surface area contributed by atoms with Crippen LogP contribution in [0.15, 0.2) is 36.4 Å². The number of likely N-dealkylation sites (tertiary alicyclic amines) is 1. The van der Waals surface area contributed by atoms with Crippen LogP contribution in [0.2, 0.25) is 0 Å². The smallest absolute Gasteiger partial charge is 0.224 e. The Balaban J connectivity index is 1.27. The zero-order valence-electron chi connectivity index (χ0n) is 18.9. The van der Waals surface area contributed by atoms with Crippen LogP contribution in [-0.2, 0) is 4.79 Å². The number of nitrogens with zero attached hydrogens (tertiary/aromatic N) is 4. The van der Waals surface area contributed by atoms with Gasteiger partial charge in [0, 0.05) is 31.7 Å². The van der Waals surface area contributed by atoms with E-state index in [2.05, 4.69) is 63.4 Å². The number of rotatable bonds is 6. The summed E-state index contributed by atoms with van der Waals surface area (Å²) in [6, 6.07) is 12.4. The molecule has 1 unspecified atom stereocenters. The van der Waals surface area contributed by atoms with Gasteiger partial charge < -0.3 is 15.1 Å². The van der Waals surface area contributed by atoms with E-state index >= 15 is 0 Å². The van der Waals surface area contributed by atoms with Gasteiger partial charge in [-0.05, 0) is 63.7 Å². The average Bonchev–Trinajstić information content (AvgIpc) is 2.81. The highest BCUT2D eigenvalue weighted by molar-refractivity contribution is 5.79. The van der Waals surface area contributed by atoms with E-state index in [4.69, 9.17) is 0 Å². The van der Waals surface area contributed by atoms with Gasteiger partial charge in [0.1, 0.15) is 0 Å². The van der Waals surface area contributed by atoms with Gasteiger partial charge in [-0.2, -0.15) is 0 Å². The number of piperidine rings is 2. The van der Waals surface area contributed by atoms with Gasteiger partial charge in [-0.3, -0.25) is 4.79 Å². The van der Waals surface area contributed by atoms with Crippen molar-refractivity contribution in [3.05, 3.63) is 42.0 Å². The third kappa shape index (κ3) is 5.82. The van der Waals surface area contributed by atoms with E-state index < -0.39 is 0 Å². The topological polar surface area (TPSA) is 61.4 Å². The molecule has 0 radical (unpaired) electrons. The molecular formula is C25H35N5O. The quantitative estimate of drug-likeness (QED) is 0.773. The molecule has 6 heteroatoms. The molecule has 4 rings (SSSR count). The van der Waals surface area contributed by atoms with Crippen molar-refractivity contribution >= 4 is 11.7 Å². The molecule has 0 bridgehead atoms. The number of nitrogens with one attached hydrogen (secondary N) is 1. The molecule has 1 atom stereocenters. The van der Waals surface area contributed by atoms with E-state index in [1.807, 2.05) is 12.1 Å². The van der Waals surface area contributed by atoms with Crippen LogP contribution in [0.3, 0.4) is 0 Å². The van der Waals surface area contributed by atoms with E-state index in [9.17, 15) is 4.79 Å². The number of hydrogen-bond acceptors (Lipinski definition) is 5. The van der Waals surface area contributed by atoms with Gasteiger partial charge in [0.2, 0.25) is 5.91 Å². The monoisotopic (exact) mass is 421 g/mol. The number of carbonyl (C=O) groups excluding carboxylic acids is 1. The highest BCUT2D eigenvalue weighted by Crippen LogP contribution is 2.24. The SMILES string of the molecule is Cc1ccc(-c2ccc(N3CCCC(C(=O)NCCN4CCC(C)CC4)C3)nn2)cc1. The molecule has 0 spiro atoms. The maximum atomic E-state index is 12.7. The lowest BCUT2D eigenvalue weighted by Gasteiger charge is -2.33. The van der Waals surface area contributed by atoms with Crippen molar-refractivity contribution in [1.82, 2.24) is 20.4 Å². The van der Waals surface area contributed by atoms with Crippen LogP contribution in [0.25, 0.3) is 11.3 Å². The fraction of sp³-hybridized carbons (Fsp3) is 0.560. The Morgan fingerprint density at radius 3 is 2.52 bits per heavy atom. The number of amides is 1. The highest BCUT2D eigenvalue weighted by Gasteiger charge is 2.27. The minimum atomic E-state index is 0.0219. The first kappa shape index (κ1) is 21.8. The van der Waals surface area contributed by atoms with Crippen LogP contribution in [0.5, 0.6) is 0 Å². The lowest BCUT2D eigenvalue weighted by atomic mass is 9.97. The minimum Gasteiger partial charge on any atom is -0.355 e. The molecule has 166 valence electrons. The first-order valence-corrected chi connectivity index (χ1v) is 11.7. The summed E-state index contributed by atoms with van der Waals surface area (Å²) >= 11 is 0. The van der Waals surface area contributed by atoms with Crippen molar-refractivity contribution < 1.29 is 4.79 Å². The van der Waals surface area contributed by atoms with E-state index in [1.165, 1.54) is 18.4 Å². The molecule has 2 aromatic rings. The molecule has 1 aromatic carbocycles. The summed E-state index contributed by atoms with van der Waals surface area (Å²) < 4.78 is 0. The van der Waals surface area contributed by atoms with Crippen molar-refractivity contribution in [2.75, 3.05) is 44.2 Å². The molecule has 1 N–H and O–H groups in total. The van der Waals surface area contributed by atoms with Crippen LogP contribution in [0.1, 0.15) is 38.2 Å². The molecular weight excluding hydrogens is 386 g/mol. The van der Waals surface area contributed by atoms with E-state index in [0.717, 1.165) is 68.6 Å². The van der Waals surface area contributed by atoms with Gasteiger partial charge in [-0.15, -0.1) is 10.2 Å². The summed E-state index contributed by atoms with van der Waals surface area (Å²) in [5.74, 6) is 1.90. The highest BCUT2D eigenvalue weighted by atomic mass is 16.1. The Kier molecular flexibility index (Phi) is 7.17. The standard InChI is InChI=1S/C25H35N5O/c1-19-5-7-21(8-6-19)23-9-10-24(28-27-23)30-14-3-4-22(18-30)25(31)26-13-17-29-15-11-20(2)12-16-29/h5-10,20,22H,3-4,11-18H2,1-2H3,(H,26,31). The third-order valence-corrected chi connectivity index (χ3v) is 6.72. The summed E-state index contributed by atoms with van der Waals surface area (Å²) in [6.07, 6.45) is 4.49.